The Morgan fingerprint density at radius 3 is 1.53 bits per heavy atom. The average Bonchev–Trinajstić information content (AvgIpc) is 3.23. The lowest BCUT2D eigenvalue weighted by molar-refractivity contribution is -0.220. The molecule has 0 amide bonds. The van der Waals surface area contributed by atoms with E-state index in [0.29, 0.717) is 12.8 Å². The summed E-state index contributed by atoms with van der Waals surface area (Å²) in [4.78, 5) is 35.6. The lowest BCUT2D eigenvalue weighted by atomic mass is 9.85. The number of allylic oxidation sites excluding steroid dienone is 13. The van der Waals surface area contributed by atoms with Crippen molar-refractivity contribution >= 4 is 19.8 Å². The molecule has 0 aromatic rings. The van der Waals surface area contributed by atoms with Gasteiger partial charge in [0.05, 0.1) is 13.0 Å². The van der Waals surface area contributed by atoms with Crippen molar-refractivity contribution in [2.24, 2.45) is 0 Å². The Morgan fingerprint density at radius 1 is 0.550 bits per heavy atom. The van der Waals surface area contributed by atoms with Crippen LogP contribution in [0.15, 0.2) is 85.1 Å². The van der Waals surface area contributed by atoms with E-state index >= 15 is 0 Å². The van der Waals surface area contributed by atoms with Gasteiger partial charge in [-0.1, -0.05) is 137 Å². The normalized spacial score (nSPS) is 23.0. The molecule has 6 N–H and O–H groups in total. The molecule has 342 valence electrons. The number of rotatable bonds is 34. The maximum atomic E-state index is 12.8. The molecule has 0 bridgehead atoms. The molecule has 0 aromatic carbocycles. The number of esters is 2. The first kappa shape index (κ1) is 55.0. The zero-order valence-corrected chi connectivity index (χ0v) is 36.9. The summed E-state index contributed by atoms with van der Waals surface area (Å²) in [5, 5.41) is 50.1. The van der Waals surface area contributed by atoms with E-state index in [0.717, 1.165) is 70.6 Å². The Kier molecular flexibility index (Phi) is 32.7. The summed E-state index contributed by atoms with van der Waals surface area (Å²) in [5.74, 6) is -1.27. The number of unbranched alkanes of at least 4 members (excludes halogenated alkanes) is 9. The lowest BCUT2D eigenvalue weighted by Crippen LogP contribution is -2.64. The zero-order valence-electron chi connectivity index (χ0n) is 36.0. The summed E-state index contributed by atoms with van der Waals surface area (Å²) in [5.41, 5.74) is 0. The molecule has 14 heteroatoms. The van der Waals surface area contributed by atoms with Crippen molar-refractivity contribution in [2.45, 2.75) is 179 Å². The van der Waals surface area contributed by atoms with Crippen molar-refractivity contribution in [1.82, 2.24) is 0 Å². The van der Waals surface area contributed by atoms with Crippen LogP contribution in [-0.2, 0) is 32.7 Å². The summed E-state index contributed by atoms with van der Waals surface area (Å²) in [6.45, 7) is 3.05. The molecule has 1 aliphatic rings. The number of carbonyl (C=O) groups is 2. The SMILES string of the molecule is CC/C=C\C/C=C\C/C=C\C/C=C\C/C=C\CC(=O)OC(COC(=O)CCCCCCC/C=C\C/C=C\CCCCCC)COP(=O)(O)OC1C(O)C(O)C(O)C(O)C1O. The lowest BCUT2D eigenvalue weighted by Gasteiger charge is -2.41. The Bertz CT molecular complexity index is 1370. The Morgan fingerprint density at radius 2 is 1.00 bits per heavy atom. The predicted molar refractivity (Wildman–Crippen MR) is 235 cm³/mol. The van der Waals surface area contributed by atoms with Gasteiger partial charge in [0.1, 0.15) is 43.2 Å². The number of aliphatic hydroxyl groups is 5. The number of carbonyl (C=O) groups excluding carboxylic acids is 2. The first-order valence-corrected chi connectivity index (χ1v) is 23.4. The van der Waals surface area contributed by atoms with Gasteiger partial charge in [-0.2, -0.15) is 0 Å². The highest BCUT2D eigenvalue weighted by Crippen LogP contribution is 2.47. The number of hydrogen-bond donors (Lipinski definition) is 6. The Balaban J connectivity index is 2.57. The zero-order chi connectivity index (χ0) is 44.3. The standard InChI is InChI=1S/C46H75O13P/c1-3-5-7-9-11-13-15-17-19-21-22-24-26-28-30-32-34-39(47)56-36-38(37-57-60(54,55)59-46-44(52)42(50)41(49)43(51)45(46)53)58-40(48)35-33-31-29-27-25-23-20-18-16-14-12-10-8-6-4-2/h6,8,12-15,18-21,25,27,31,33,38,41-46,49-53H,3-5,7,9-11,16-17,22-24,26,28-30,32,34-37H2,1-2H3,(H,54,55)/b8-6-,14-12-,15-13-,20-18-,21-19-,27-25-,33-31-. The van der Waals surface area contributed by atoms with Crippen molar-refractivity contribution < 1.29 is 63.1 Å². The molecule has 6 unspecified atom stereocenters. The fourth-order valence-corrected chi connectivity index (χ4v) is 6.95. The highest BCUT2D eigenvalue weighted by molar-refractivity contribution is 7.47. The third-order valence-electron chi connectivity index (χ3n) is 9.50. The van der Waals surface area contributed by atoms with Crippen LogP contribution in [0.3, 0.4) is 0 Å². The molecule has 1 rings (SSSR count). The molecule has 0 saturated heterocycles. The molecule has 60 heavy (non-hydrogen) atoms. The van der Waals surface area contributed by atoms with Gasteiger partial charge in [-0.3, -0.25) is 18.6 Å². The average molecular weight is 867 g/mol. The molecular weight excluding hydrogens is 791 g/mol. The van der Waals surface area contributed by atoms with Crippen LogP contribution in [0.2, 0.25) is 0 Å². The topological polar surface area (TPSA) is 210 Å². The fourth-order valence-electron chi connectivity index (χ4n) is 5.98. The van der Waals surface area contributed by atoms with E-state index in [9.17, 15) is 44.6 Å². The van der Waals surface area contributed by atoms with Crippen LogP contribution in [0.25, 0.3) is 0 Å². The van der Waals surface area contributed by atoms with Crippen LogP contribution < -0.4 is 0 Å². The quantitative estimate of drug-likeness (QED) is 0.0157. The van der Waals surface area contributed by atoms with Gasteiger partial charge in [-0.15, -0.1) is 0 Å². The molecule has 1 fully saturated rings. The maximum Gasteiger partial charge on any atom is 0.472 e. The molecule has 6 atom stereocenters. The van der Waals surface area contributed by atoms with Gasteiger partial charge in [0.15, 0.2) is 6.10 Å². The van der Waals surface area contributed by atoms with Crippen molar-refractivity contribution in [3.63, 3.8) is 0 Å². The van der Waals surface area contributed by atoms with Crippen LogP contribution in [0.4, 0.5) is 0 Å². The van der Waals surface area contributed by atoms with Crippen LogP contribution in [0.1, 0.15) is 136 Å². The van der Waals surface area contributed by atoms with Gasteiger partial charge in [-0.05, 0) is 70.6 Å². The monoisotopic (exact) mass is 866 g/mol. The minimum absolute atomic E-state index is 0.127. The second kappa shape index (κ2) is 35.6. The van der Waals surface area contributed by atoms with Gasteiger partial charge in [0.2, 0.25) is 0 Å². The maximum absolute atomic E-state index is 12.8. The molecule has 0 aliphatic heterocycles. The molecule has 0 radical (unpaired) electrons. The van der Waals surface area contributed by atoms with Crippen LogP contribution in [0, 0.1) is 0 Å². The highest BCUT2D eigenvalue weighted by Gasteiger charge is 2.51. The summed E-state index contributed by atoms with van der Waals surface area (Å²) in [7, 11) is -5.15. The van der Waals surface area contributed by atoms with Crippen molar-refractivity contribution in [2.75, 3.05) is 13.2 Å². The van der Waals surface area contributed by atoms with Crippen molar-refractivity contribution in [3.05, 3.63) is 85.1 Å². The van der Waals surface area contributed by atoms with E-state index in [1.165, 1.54) is 25.7 Å². The van der Waals surface area contributed by atoms with Gasteiger partial charge in [0, 0.05) is 6.42 Å². The third-order valence-corrected chi connectivity index (χ3v) is 10.5. The van der Waals surface area contributed by atoms with E-state index in [2.05, 4.69) is 74.6 Å². The number of ether oxygens (including phenoxy) is 2. The molecule has 1 saturated carbocycles. The first-order valence-electron chi connectivity index (χ1n) is 21.9. The van der Waals surface area contributed by atoms with E-state index in [-0.39, 0.29) is 12.8 Å². The van der Waals surface area contributed by atoms with Crippen molar-refractivity contribution in [3.8, 4) is 0 Å². The molecular formula is C46H75O13P. The number of aliphatic hydroxyl groups excluding tert-OH is 5. The van der Waals surface area contributed by atoms with Gasteiger partial charge in [-0.25, -0.2) is 4.57 Å². The minimum Gasteiger partial charge on any atom is -0.462 e. The number of hydrogen-bond acceptors (Lipinski definition) is 12. The van der Waals surface area contributed by atoms with Crippen molar-refractivity contribution in [1.29, 1.82) is 0 Å². The van der Waals surface area contributed by atoms with E-state index in [1.807, 2.05) is 12.2 Å². The summed E-state index contributed by atoms with van der Waals surface area (Å²) >= 11 is 0. The van der Waals surface area contributed by atoms with Crippen LogP contribution >= 0.6 is 7.82 Å². The van der Waals surface area contributed by atoms with Gasteiger partial charge >= 0.3 is 19.8 Å². The van der Waals surface area contributed by atoms with Crippen LogP contribution in [-0.4, -0.2) is 98.3 Å². The second-order valence-corrected chi connectivity index (χ2v) is 16.2. The summed E-state index contributed by atoms with van der Waals surface area (Å²) < 4.78 is 33.3. The largest absolute Gasteiger partial charge is 0.472 e. The number of phosphoric ester groups is 1. The Labute approximate surface area is 358 Å². The highest BCUT2D eigenvalue weighted by atomic mass is 31.2. The molecule has 13 nitrogen and oxygen atoms in total. The summed E-state index contributed by atoms with van der Waals surface area (Å²) in [6, 6.07) is 0. The third kappa shape index (κ3) is 27.8. The minimum atomic E-state index is -5.15. The molecule has 0 heterocycles. The van der Waals surface area contributed by atoms with E-state index in [4.69, 9.17) is 18.5 Å². The van der Waals surface area contributed by atoms with Gasteiger partial charge in [0.25, 0.3) is 0 Å². The molecule has 0 spiro atoms. The predicted octanol–water partition coefficient (Wildman–Crippen LogP) is 8.11. The van der Waals surface area contributed by atoms with Crippen LogP contribution in [0.5, 0.6) is 0 Å². The fraction of sp³-hybridized carbons (Fsp3) is 0.652. The second-order valence-electron chi connectivity index (χ2n) is 14.8. The van der Waals surface area contributed by atoms with Gasteiger partial charge < -0.3 is 39.9 Å². The molecule has 1 aliphatic carbocycles. The summed E-state index contributed by atoms with van der Waals surface area (Å²) in [6.07, 6.45) is 32.4. The first-order chi connectivity index (χ1) is 28.9. The Hall–Kier alpha value is -2.97. The molecule has 0 aromatic heterocycles. The number of phosphoric acid groups is 1. The smallest absolute Gasteiger partial charge is 0.462 e. The van der Waals surface area contributed by atoms with E-state index in [1.54, 1.807) is 12.2 Å². The van der Waals surface area contributed by atoms with E-state index < -0.39 is 75.7 Å².